The number of fused-ring (bicyclic) bond motifs is 11. The summed E-state index contributed by atoms with van der Waals surface area (Å²) < 4.78 is 0. The van der Waals surface area contributed by atoms with Gasteiger partial charge in [-0.1, -0.05) is 58.0 Å². The Balaban J connectivity index is 1.29. The van der Waals surface area contributed by atoms with Crippen molar-refractivity contribution in [3.8, 4) is 0 Å². The molecule has 10 aliphatic heterocycles. The molecule has 0 aliphatic carbocycles. The zero-order valence-corrected chi connectivity index (χ0v) is 27.8. The van der Waals surface area contributed by atoms with E-state index >= 15 is 0 Å². The van der Waals surface area contributed by atoms with Crippen LogP contribution in [0.2, 0.25) is 0 Å². The summed E-state index contributed by atoms with van der Waals surface area (Å²) in [5.41, 5.74) is 1.45. The second-order valence-corrected chi connectivity index (χ2v) is 18.7. The highest BCUT2D eigenvalue weighted by atomic mass is 33.1. The number of hydrogen-bond donors (Lipinski definition) is 4. The summed E-state index contributed by atoms with van der Waals surface area (Å²) >= 11 is 0. The Morgan fingerprint density at radius 3 is 1.43 bits per heavy atom. The first-order valence-electron chi connectivity index (χ1n) is 15.0. The van der Waals surface area contributed by atoms with E-state index in [2.05, 4.69) is 10.6 Å². The summed E-state index contributed by atoms with van der Waals surface area (Å²) in [5, 5.41) is 28.6. The molecule has 2 spiro atoms. The van der Waals surface area contributed by atoms with Crippen LogP contribution in [0.15, 0.2) is 48.5 Å². The van der Waals surface area contributed by atoms with Gasteiger partial charge in [0.2, 0.25) is 9.74 Å². The van der Waals surface area contributed by atoms with Crippen molar-refractivity contribution in [1.82, 2.24) is 19.6 Å². The van der Waals surface area contributed by atoms with Gasteiger partial charge in [0.1, 0.15) is 12.3 Å². The fourth-order valence-electron chi connectivity index (χ4n) is 9.92. The number of anilines is 2. The number of amides is 4. The SMILES string of the molecule is CN1C(=O)[C@@]23CC4([C@@]56C[C@@]78SS[C@@](CO)(C(=O)N7[C@H]5Nc5ccccc56)N(C)C8=O)c5ccccc5N[C@@H]4N2C(=O)[C@]1(CO)SS3. The number of rotatable bonds is 3. The van der Waals surface area contributed by atoms with Crippen molar-refractivity contribution in [2.45, 2.75) is 55.5 Å². The maximum absolute atomic E-state index is 14.7. The highest BCUT2D eigenvalue weighted by Crippen LogP contribution is 2.78. The number of carbonyl (C=O) groups is 4. The molecule has 2 aromatic carbocycles. The maximum Gasteiger partial charge on any atom is 0.265 e. The topological polar surface area (TPSA) is 146 Å². The fraction of sp³-hybridized carbons (Fsp3) is 0.467. The zero-order valence-electron chi connectivity index (χ0n) is 24.6. The molecule has 2 aromatic rings. The van der Waals surface area contributed by atoms with Gasteiger partial charge in [-0.3, -0.25) is 29.0 Å². The smallest absolute Gasteiger partial charge is 0.265 e. The van der Waals surface area contributed by atoms with Crippen LogP contribution >= 0.6 is 43.2 Å². The number of nitrogens with zero attached hydrogens (tertiary/aromatic N) is 4. The van der Waals surface area contributed by atoms with E-state index in [1.165, 1.54) is 53.0 Å². The largest absolute Gasteiger partial charge is 0.392 e. The monoisotopic (exact) mass is 696 g/mol. The molecule has 10 heterocycles. The molecule has 4 N–H and O–H groups in total. The van der Waals surface area contributed by atoms with E-state index in [-0.39, 0.29) is 36.5 Å². The maximum atomic E-state index is 14.7. The van der Waals surface area contributed by atoms with Crippen molar-refractivity contribution < 1.29 is 29.4 Å². The number of aliphatic hydroxyl groups is 2. The molecule has 0 radical (unpaired) electrons. The summed E-state index contributed by atoms with van der Waals surface area (Å²) in [6.07, 6.45) is -1.01. The molecule has 8 fully saturated rings. The van der Waals surface area contributed by atoms with E-state index in [9.17, 15) is 29.4 Å². The normalized spacial score (nSPS) is 43.7. The number of carbonyl (C=O) groups excluding carboxylic acids is 4. The predicted molar refractivity (Wildman–Crippen MR) is 175 cm³/mol. The van der Waals surface area contributed by atoms with Gasteiger partial charge in [-0.15, -0.1) is 0 Å². The van der Waals surface area contributed by atoms with Crippen LogP contribution in [-0.2, 0) is 30.0 Å². The minimum absolute atomic E-state index is 0.223. The van der Waals surface area contributed by atoms with Gasteiger partial charge in [-0.25, -0.2) is 0 Å². The number of piperazine rings is 2. The van der Waals surface area contributed by atoms with E-state index < -0.39 is 55.9 Å². The summed E-state index contributed by atoms with van der Waals surface area (Å²) in [4.78, 5) is 59.0. The minimum atomic E-state index is -1.47. The molecule has 1 unspecified atom stereocenters. The standard InChI is InChI=1S/C30H28N6O6S4/c1-33-21(39)27-11-25(15-7-3-5-9-17(15)31-19(25)35(27)23(41)29(33,13-37)45-43-27)26-12-28-22(40)34(2)30(14-38,46-44-28)24(42)36(28)20(26)32-18-10-6-4-8-16(18)26/h3-10,19-20,31-32,37-38H,11-14H2,1-2H3/t19-,20-,25-,26?,27+,28+,29+,30+/m1/s1. The van der Waals surface area contributed by atoms with Crippen LogP contribution in [0.1, 0.15) is 24.0 Å². The summed E-state index contributed by atoms with van der Waals surface area (Å²) in [7, 11) is 8.28. The van der Waals surface area contributed by atoms with Crippen LogP contribution in [-0.4, -0.2) is 113 Å². The van der Waals surface area contributed by atoms with Crippen molar-refractivity contribution in [2.75, 3.05) is 37.9 Å². The average Bonchev–Trinajstić information content (AvgIpc) is 3.75. The molecule has 12 nitrogen and oxygen atoms in total. The minimum Gasteiger partial charge on any atom is -0.392 e. The van der Waals surface area contributed by atoms with Gasteiger partial charge in [0.05, 0.1) is 24.0 Å². The Kier molecular flexibility index (Phi) is 5.08. The summed E-state index contributed by atoms with van der Waals surface area (Å²) in [6, 6.07) is 15.8. The number of benzene rings is 2. The molecule has 0 saturated carbocycles. The quantitative estimate of drug-likeness (QED) is 0.344. The molecule has 4 amide bonds. The summed E-state index contributed by atoms with van der Waals surface area (Å²) in [5.74, 6) is -1.19. The third-order valence-electron chi connectivity index (χ3n) is 12.0. The van der Waals surface area contributed by atoms with Crippen molar-refractivity contribution in [2.24, 2.45) is 0 Å². The van der Waals surface area contributed by atoms with Crippen molar-refractivity contribution in [3.63, 3.8) is 0 Å². The first-order chi connectivity index (χ1) is 22.1. The number of aliphatic hydroxyl groups excluding tert-OH is 2. The highest BCUT2D eigenvalue weighted by Gasteiger charge is 2.87. The zero-order chi connectivity index (χ0) is 31.8. The van der Waals surface area contributed by atoms with Gasteiger partial charge in [-0.05, 0) is 44.8 Å². The highest BCUT2D eigenvalue weighted by molar-refractivity contribution is 8.78. The van der Waals surface area contributed by atoms with Crippen molar-refractivity contribution in [1.29, 1.82) is 0 Å². The van der Waals surface area contributed by atoms with Crippen LogP contribution < -0.4 is 10.6 Å². The Labute approximate surface area is 279 Å². The lowest BCUT2D eigenvalue weighted by molar-refractivity contribution is -0.166. The molecule has 8 saturated heterocycles. The molecular weight excluding hydrogens is 669 g/mol. The molecular formula is C30H28N6O6S4. The van der Waals surface area contributed by atoms with Gasteiger partial charge < -0.3 is 30.6 Å². The second kappa shape index (κ2) is 8.26. The molecule has 12 rings (SSSR count). The number of para-hydroxylation sites is 2. The Morgan fingerprint density at radius 2 is 1.04 bits per heavy atom. The molecule has 46 heavy (non-hydrogen) atoms. The number of nitrogens with one attached hydrogen (secondary N) is 2. The van der Waals surface area contributed by atoms with Crippen LogP contribution in [0.4, 0.5) is 11.4 Å². The lowest BCUT2D eigenvalue weighted by atomic mass is 9.54. The van der Waals surface area contributed by atoms with Gasteiger partial charge in [-0.2, -0.15) is 0 Å². The first-order valence-corrected chi connectivity index (χ1v) is 19.3. The van der Waals surface area contributed by atoms with Gasteiger partial charge >= 0.3 is 0 Å². The van der Waals surface area contributed by atoms with Crippen LogP contribution in [0.25, 0.3) is 0 Å². The Bertz CT molecular complexity index is 1740. The van der Waals surface area contributed by atoms with Gasteiger partial charge in [0, 0.05) is 38.3 Å². The summed E-state index contributed by atoms with van der Waals surface area (Å²) in [6.45, 7) is -1.07. The molecule has 16 heteroatoms. The van der Waals surface area contributed by atoms with Gasteiger partial charge in [0.25, 0.3) is 23.6 Å². The van der Waals surface area contributed by atoms with Crippen LogP contribution in [0.3, 0.4) is 0 Å². The number of likely N-dealkylation sites (N-methyl/N-ethyl adjacent to an activating group) is 2. The van der Waals surface area contributed by atoms with E-state index in [0.29, 0.717) is 0 Å². The van der Waals surface area contributed by atoms with E-state index in [0.717, 1.165) is 22.5 Å². The first kappa shape index (κ1) is 28.3. The lowest BCUT2D eigenvalue weighted by Gasteiger charge is -2.57. The van der Waals surface area contributed by atoms with E-state index in [4.69, 9.17) is 0 Å². The Hall–Kier alpha value is -2.76. The van der Waals surface area contributed by atoms with Gasteiger partial charge in [0.15, 0.2) is 9.74 Å². The second-order valence-electron chi connectivity index (χ2n) is 13.3. The lowest BCUT2D eigenvalue weighted by Crippen LogP contribution is -2.77. The molecule has 0 aromatic heterocycles. The Morgan fingerprint density at radius 1 is 0.652 bits per heavy atom. The van der Waals surface area contributed by atoms with Crippen LogP contribution in [0.5, 0.6) is 0 Å². The van der Waals surface area contributed by atoms with Crippen molar-refractivity contribution >= 4 is 78.2 Å². The fourth-order valence-corrected chi connectivity index (χ4v) is 17.2. The van der Waals surface area contributed by atoms with Crippen molar-refractivity contribution in [3.05, 3.63) is 59.7 Å². The molecule has 238 valence electrons. The molecule has 4 bridgehead atoms. The van der Waals surface area contributed by atoms with Crippen LogP contribution in [0, 0.1) is 0 Å². The van der Waals surface area contributed by atoms with E-state index in [1.54, 1.807) is 23.9 Å². The predicted octanol–water partition coefficient (Wildman–Crippen LogP) is 1.33. The van der Waals surface area contributed by atoms with E-state index in [1.807, 2.05) is 48.5 Å². The third kappa shape index (κ3) is 2.48. The third-order valence-corrected chi connectivity index (χ3v) is 19.3. The molecule has 10 aliphatic rings. The number of hydrogen-bond acceptors (Lipinski definition) is 12. The average molecular weight is 697 g/mol. The molecule has 8 atom stereocenters.